The minimum absolute atomic E-state index is 0.225. The van der Waals surface area contributed by atoms with Crippen molar-refractivity contribution in [1.29, 1.82) is 0 Å². The van der Waals surface area contributed by atoms with Crippen molar-refractivity contribution in [2.45, 2.75) is 0 Å². The van der Waals surface area contributed by atoms with Crippen LogP contribution in [0.4, 0.5) is 0 Å². The maximum absolute atomic E-state index is 13.2. The van der Waals surface area contributed by atoms with Gasteiger partial charge in [-0.2, -0.15) is 14.6 Å². The van der Waals surface area contributed by atoms with Crippen LogP contribution in [0.25, 0.3) is 39.4 Å². The smallest absolute Gasteiger partial charge is 0.291 e. The van der Waals surface area contributed by atoms with E-state index in [0.29, 0.717) is 20.3 Å². The van der Waals surface area contributed by atoms with Gasteiger partial charge in [0.05, 0.1) is 17.3 Å². The highest BCUT2D eigenvalue weighted by Gasteiger charge is 2.15. The summed E-state index contributed by atoms with van der Waals surface area (Å²) in [5, 5.41) is 9.91. The van der Waals surface area contributed by atoms with Gasteiger partial charge in [-0.1, -0.05) is 53.3 Å². The van der Waals surface area contributed by atoms with Crippen LogP contribution >= 0.6 is 22.9 Å². The molecule has 0 spiro atoms. The summed E-state index contributed by atoms with van der Waals surface area (Å²) in [5.41, 5.74) is 3.95. The zero-order chi connectivity index (χ0) is 24.6. The molecule has 0 aliphatic heterocycles. The SMILES string of the molecule is COc1ccc(-c2nc3sc(=Cc4cn(-c5ccccc5)nc4-c4ccc(Cl)cc4)c(=O)n3n2)cc1. The van der Waals surface area contributed by atoms with Gasteiger partial charge in [0.25, 0.3) is 5.56 Å². The Morgan fingerprint density at radius 1 is 0.917 bits per heavy atom. The fourth-order valence-corrected chi connectivity index (χ4v) is 4.90. The molecule has 176 valence electrons. The van der Waals surface area contributed by atoms with Crippen LogP contribution in [0.5, 0.6) is 5.75 Å². The van der Waals surface area contributed by atoms with Crippen LogP contribution in [0.3, 0.4) is 0 Å². The van der Waals surface area contributed by atoms with Gasteiger partial charge in [0.1, 0.15) is 11.4 Å². The lowest BCUT2D eigenvalue weighted by Gasteiger charge is -2.00. The van der Waals surface area contributed by atoms with E-state index in [1.807, 2.05) is 91.1 Å². The highest BCUT2D eigenvalue weighted by Crippen LogP contribution is 2.26. The number of fused-ring (bicyclic) bond motifs is 1. The Hall–Kier alpha value is -4.27. The molecule has 7 nitrogen and oxygen atoms in total. The lowest BCUT2D eigenvalue weighted by molar-refractivity contribution is 0.415. The average molecular weight is 512 g/mol. The fourth-order valence-electron chi connectivity index (χ4n) is 3.88. The van der Waals surface area contributed by atoms with Gasteiger partial charge in [0.2, 0.25) is 4.96 Å². The quantitative estimate of drug-likeness (QED) is 0.330. The maximum atomic E-state index is 13.2. The van der Waals surface area contributed by atoms with Crippen LogP contribution in [0.2, 0.25) is 5.02 Å². The number of hydrogen-bond acceptors (Lipinski definition) is 6. The number of ether oxygens (including phenoxy) is 1. The molecular formula is C27H18ClN5O2S. The Kier molecular flexibility index (Phi) is 5.59. The summed E-state index contributed by atoms with van der Waals surface area (Å²) in [6.45, 7) is 0. The van der Waals surface area contributed by atoms with E-state index in [2.05, 4.69) is 10.1 Å². The maximum Gasteiger partial charge on any atom is 0.291 e. The van der Waals surface area contributed by atoms with Crippen molar-refractivity contribution in [2.75, 3.05) is 7.11 Å². The zero-order valence-electron chi connectivity index (χ0n) is 19.0. The summed E-state index contributed by atoms with van der Waals surface area (Å²) < 4.78 is 8.88. The van der Waals surface area contributed by atoms with Gasteiger partial charge in [-0.15, -0.1) is 5.10 Å². The molecule has 0 aliphatic rings. The van der Waals surface area contributed by atoms with Crippen LogP contribution in [-0.2, 0) is 0 Å². The van der Waals surface area contributed by atoms with Crippen molar-refractivity contribution in [2.24, 2.45) is 0 Å². The van der Waals surface area contributed by atoms with Gasteiger partial charge < -0.3 is 4.74 Å². The summed E-state index contributed by atoms with van der Waals surface area (Å²) >= 11 is 7.39. The van der Waals surface area contributed by atoms with E-state index in [0.717, 1.165) is 33.8 Å². The third-order valence-corrected chi connectivity index (χ3v) is 6.91. The van der Waals surface area contributed by atoms with Crippen molar-refractivity contribution in [3.8, 4) is 34.1 Å². The Labute approximate surface area is 214 Å². The normalized spacial score (nSPS) is 11.9. The van der Waals surface area contributed by atoms with Crippen LogP contribution in [0.15, 0.2) is 89.9 Å². The Morgan fingerprint density at radius 2 is 1.64 bits per heavy atom. The summed E-state index contributed by atoms with van der Waals surface area (Å²) in [6, 6.07) is 24.7. The third kappa shape index (κ3) is 4.06. The molecule has 0 bridgehead atoms. The van der Waals surface area contributed by atoms with E-state index in [-0.39, 0.29) is 5.56 Å². The molecule has 0 amide bonds. The fraction of sp³-hybridized carbons (Fsp3) is 0.0370. The lowest BCUT2D eigenvalue weighted by atomic mass is 10.1. The van der Waals surface area contributed by atoms with E-state index in [9.17, 15) is 4.79 Å². The van der Waals surface area contributed by atoms with E-state index in [1.165, 1.54) is 15.9 Å². The van der Waals surface area contributed by atoms with E-state index in [1.54, 1.807) is 11.8 Å². The third-order valence-electron chi connectivity index (χ3n) is 5.70. The first-order valence-corrected chi connectivity index (χ1v) is 12.3. The number of thiazole rings is 1. The number of aromatic nitrogens is 5. The number of hydrogen-bond donors (Lipinski definition) is 0. The average Bonchev–Trinajstić information content (AvgIpc) is 3.60. The molecule has 0 saturated heterocycles. The second-order valence-corrected chi connectivity index (χ2v) is 9.44. The second-order valence-electron chi connectivity index (χ2n) is 7.99. The molecule has 3 aromatic carbocycles. The number of methoxy groups -OCH3 is 1. The highest BCUT2D eigenvalue weighted by molar-refractivity contribution is 7.15. The molecule has 3 heterocycles. The van der Waals surface area contributed by atoms with Gasteiger partial charge in [0, 0.05) is 27.9 Å². The molecule has 0 aliphatic carbocycles. The van der Waals surface area contributed by atoms with E-state index >= 15 is 0 Å². The molecule has 0 N–H and O–H groups in total. The van der Waals surface area contributed by atoms with Crippen molar-refractivity contribution in [3.63, 3.8) is 0 Å². The number of nitrogens with zero attached hydrogens (tertiary/aromatic N) is 5. The predicted molar refractivity (Wildman–Crippen MR) is 142 cm³/mol. The molecule has 6 rings (SSSR count). The van der Waals surface area contributed by atoms with Crippen LogP contribution in [-0.4, -0.2) is 31.5 Å². The zero-order valence-corrected chi connectivity index (χ0v) is 20.6. The standard InChI is InChI=1S/C27H18ClN5O2S/c1-35-22-13-9-18(10-14-22)25-29-27-33(31-25)26(34)23(36-27)15-19-16-32(21-5-3-2-4-6-21)30-24(19)17-7-11-20(28)12-8-17/h2-16H,1H3. The molecule has 0 saturated carbocycles. The van der Waals surface area contributed by atoms with Gasteiger partial charge in [-0.25, -0.2) is 4.68 Å². The number of para-hydroxylation sites is 1. The molecular weight excluding hydrogens is 494 g/mol. The summed E-state index contributed by atoms with van der Waals surface area (Å²) in [4.78, 5) is 18.3. The molecule has 36 heavy (non-hydrogen) atoms. The Balaban J connectivity index is 1.46. The first kappa shape index (κ1) is 22.2. The van der Waals surface area contributed by atoms with Crippen LogP contribution in [0, 0.1) is 0 Å². The van der Waals surface area contributed by atoms with Gasteiger partial charge in [-0.3, -0.25) is 4.79 Å². The van der Waals surface area contributed by atoms with Crippen molar-refractivity contribution in [1.82, 2.24) is 24.4 Å². The Morgan fingerprint density at radius 3 is 2.33 bits per heavy atom. The number of rotatable bonds is 5. The predicted octanol–water partition coefficient (Wildman–Crippen LogP) is 4.88. The molecule has 9 heteroatoms. The Bertz CT molecular complexity index is 1790. The van der Waals surface area contributed by atoms with Gasteiger partial charge in [-0.05, 0) is 54.6 Å². The molecule has 0 unspecified atom stereocenters. The highest BCUT2D eigenvalue weighted by atomic mass is 35.5. The molecule has 3 aromatic heterocycles. The first-order chi connectivity index (χ1) is 17.6. The number of benzene rings is 3. The van der Waals surface area contributed by atoms with E-state index < -0.39 is 0 Å². The summed E-state index contributed by atoms with van der Waals surface area (Å²) in [6.07, 6.45) is 3.75. The lowest BCUT2D eigenvalue weighted by Crippen LogP contribution is -2.23. The summed E-state index contributed by atoms with van der Waals surface area (Å²) in [7, 11) is 1.61. The topological polar surface area (TPSA) is 74.3 Å². The van der Waals surface area contributed by atoms with Gasteiger partial charge in [0.15, 0.2) is 5.82 Å². The van der Waals surface area contributed by atoms with E-state index in [4.69, 9.17) is 21.4 Å². The first-order valence-electron chi connectivity index (χ1n) is 11.1. The monoisotopic (exact) mass is 511 g/mol. The molecule has 0 radical (unpaired) electrons. The van der Waals surface area contributed by atoms with Crippen molar-refractivity contribution in [3.05, 3.63) is 111 Å². The minimum atomic E-state index is -0.225. The molecule has 0 fully saturated rings. The molecule has 6 aromatic rings. The summed E-state index contributed by atoms with van der Waals surface area (Å²) in [5.74, 6) is 1.24. The van der Waals surface area contributed by atoms with Gasteiger partial charge >= 0.3 is 0 Å². The van der Waals surface area contributed by atoms with Crippen molar-refractivity contribution >= 4 is 34.0 Å². The van der Waals surface area contributed by atoms with Crippen molar-refractivity contribution < 1.29 is 4.74 Å². The van der Waals surface area contributed by atoms with Crippen LogP contribution < -0.4 is 14.8 Å². The second kappa shape index (κ2) is 9.07. The molecule has 0 atom stereocenters. The largest absolute Gasteiger partial charge is 0.497 e. The minimum Gasteiger partial charge on any atom is -0.497 e. The number of halogens is 1. The van der Waals surface area contributed by atoms with Crippen LogP contribution in [0.1, 0.15) is 5.56 Å².